The van der Waals surface area contributed by atoms with E-state index in [0.29, 0.717) is 5.38 Å². The molecular formula is C3H2BCl7. The summed E-state index contributed by atoms with van der Waals surface area (Å²) in [6, 6.07) is 0. The highest BCUT2D eigenvalue weighted by atomic mass is 35.6. The van der Waals surface area contributed by atoms with E-state index in [1.54, 1.807) is 0 Å². The van der Waals surface area contributed by atoms with Crippen LogP contribution in [0.2, 0.25) is 0 Å². The molecule has 1 saturated carbocycles. The van der Waals surface area contributed by atoms with Gasteiger partial charge in [0.05, 0.1) is 0 Å². The molecule has 0 nitrogen and oxygen atoms in total. The van der Waals surface area contributed by atoms with Crippen molar-refractivity contribution in [2.45, 2.75) is 10.8 Å². The van der Waals surface area contributed by atoms with Gasteiger partial charge in [0.15, 0.2) is 0 Å². The second kappa shape index (κ2) is 5.00. The van der Waals surface area contributed by atoms with Crippen LogP contribution < -0.4 is 0 Å². The Bertz CT molecular complexity index is 95.1. The molecule has 11 heavy (non-hydrogen) atoms. The van der Waals surface area contributed by atoms with Crippen molar-refractivity contribution >= 4 is 84.5 Å². The largest absolute Gasteiger partial charge is 0.332 e. The van der Waals surface area contributed by atoms with Gasteiger partial charge in [0.2, 0.25) is 5.38 Å². The number of rotatable bonds is 0. The summed E-state index contributed by atoms with van der Waals surface area (Å²) >= 11 is 35.7. The van der Waals surface area contributed by atoms with E-state index in [9.17, 15) is 0 Å². The van der Waals surface area contributed by atoms with Gasteiger partial charge in [0.1, 0.15) is 11.6 Å². The second-order valence-corrected chi connectivity index (χ2v) is 7.02. The van der Waals surface area contributed by atoms with E-state index in [2.05, 4.69) is 0 Å². The topological polar surface area (TPSA) is 0 Å². The fourth-order valence-corrected chi connectivity index (χ4v) is 0.956. The molecule has 0 heterocycles. The lowest BCUT2D eigenvalue weighted by Gasteiger charge is -2.03. The normalized spacial score (nSPS) is 29.2. The minimum atomic E-state index is -2.11. The molecule has 66 valence electrons. The molecular weight excluding hydrogens is 295 g/mol. The predicted molar refractivity (Wildman–Crippen MR) is 57.5 cm³/mol. The van der Waals surface area contributed by atoms with Crippen molar-refractivity contribution in [2.24, 2.45) is 0 Å². The van der Waals surface area contributed by atoms with Gasteiger partial charge in [0.25, 0.3) is 10.8 Å². The summed E-state index contributed by atoms with van der Waals surface area (Å²) in [6.45, 7) is 0. The van der Waals surface area contributed by atoms with E-state index < -0.39 is 3.81 Å². The molecule has 1 fully saturated rings. The molecule has 0 radical (unpaired) electrons. The lowest BCUT2D eigenvalue weighted by atomic mass is 10.7. The van der Waals surface area contributed by atoms with Crippen LogP contribution in [0.15, 0.2) is 0 Å². The number of hydrogen-bond acceptors (Lipinski definition) is 0. The Labute approximate surface area is 99.9 Å². The number of alkyl halides is 2. The summed E-state index contributed by atoms with van der Waals surface area (Å²) in [5.41, 5.74) is 0. The van der Waals surface area contributed by atoms with Crippen molar-refractivity contribution in [1.29, 1.82) is 0 Å². The van der Waals surface area contributed by atoms with E-state index in [-0.39, 0.29) is 10.8 Å². The molecule has 0 aromatic heterocycles. The maximum atomic E-state index is 5.39. The van der Waals surface area contributed by atoms with Gasteiger partial charge in [-0.1, -0.05) is 23.2 Å². The molecule has 1 aliphatic rings. The number of hydrogen-bond donors (Lipinski definition) is 0. The quantitative estimate of drug-likeness (QED) is 0.354. The lowest BCUT2D eigenvalue weighted by molar-refractivity contribution is 1.50. The first kappa shape index (κ1) is 13.0. The van der Waals surface area contributed by atoms with Gasteiger partial charge in [-0.2, -0.15) is 0 Å². The fourth-order valence-electron chi connectivity index (χ4n) is 0.176. The van der Waals surface area contributed by atoms with Gasteiger partial charge in [0, 0.05) is 0 Å². The molecule has 2 unspecified atom stereocenters. The first-order valence-corrected chi connectivity index (χ1v) is 5.41. The van der Waals surface area contributed by atoms with Crippen molar-refractivity contribution in [3.8, 4) is 0 Å². The van der Waals surface area contributed by atoms with Crippen LogP contribution in [-0.4, -0.2) is 14.6 Å². The van der Waals surface area contributed by atoms with Crippen LogP contribution >= 0.6 is 80.6 Å². The zero-order valence-corrected chi connectivity index (χ0v) is 10.2. The van der Waals surface area contributed by atoms with Crippen LogP contribution in [0.5, 0.6) is 0 Å². The first-order valence-electron chi connectivity index (χ1n) is 2.41. The molecule has 0 N–H and O–H groups in total. The Hall–Kier alpha value is 1.96. The molecule has 0 bridgehead atoms. The minimum absolute atomic E-state index is 0.0617. The van der Waals surface area contributed by atoms with Crippen molar-refractivity contribution in [2.75, 3.05) is 0 Å². The third-order valence-electron chi connectivity index (χ3n) is 0.675. The third kappa shape index (κ3) is 8.30. The van der Waals surface area contributed by atoms with Gasteiger partial charge in [-0.15, -0.1) is 0 Å². The molecule has 0 spiro atoms. The SMILES string of the molecule is Cl[B-](Cl)(Cl)Cl.Cl[C+]1C(Cl)C1Cl. The van der Waals surface area contributed by atoms with Gasteiger partial charge in [-0.25, -0.2) is 0 Å². The molecule has 0 saturated heterocycles. The summed E-state index contributed by atoms with van der Waals surface area (Å²) in [7, 11) is 0. The average molecular weight is 297 g/mol. The highest BCUT2D eigenvalue weighted by Gasteiger charge is 2.63. The Kier molecular flexibility index (Phi) is 5.89. The second-order valence-electron chi connectivity index (χ2n) is 1.68. The maximum absolute atomic E-state index is 5.39. The van der Waals surface area contributed by atoms with Gasteiger partial charge >= 0.3 is 3.81 Å². The standard InChI is InChI=1S/C3H2Cl3.BCl4/c4-1-2(5)3(1)6;2-1(3,4)5/h1-2H;/q+1;-1. The fraction of sp³-hybridized carbons (Fsp3) is 0.667. The van der Waals surface area contributed by atoms with Crippen molar-refractivity contribution in [3.63, 3.8) is 0 Å². The summed E-state index contributed by atoms with van der Waals surface area (Å²) in [4.78, 5) is 0. The van der Waals surface area contributed by atoms with Crippen LogP contribution in [0.1, 0.15) is 0 Å². The van der Waals surface area contributed by atoms with Crippen LogP contribution in [0, 0.1) is 5.38 Å². The number of halogens is 7. The molecule has 1 rings (SSSR count). The highest BCUT2D eigenvalue weighted by molar-refractivity contribution is 7.81. The molecule has 8 heteroatoms. The highest BCUT2D eigenvalue weighted by Crippen LogP contribution is 2.46. The molecule has 0 aliphatic heterocycles. The maximum Gasteiger partial charge on any atom is 0.328 e. The monoisotopic (exact) mass is 294 g/mol. The molecule has 2 atom stereocenters. The molecule has 1 aliphatic carbocycles. The first-order chi connectivity index (χ1) is 4.73. The van der Waals surface area contributed by atoms with Gasteiger partial charge in [-0.05, 0) is 0 Å². The van der Waals surface area contributed by atoms with Crippen molar-refractivity contribution in [1.82, 2.24) is 0 Å². The van der Waals surface area contributed by atoms with Crippen LogP contribution in [0.4, 0.5) is 0 Å². The predicted octanol–water partition coefficient (Wildman–Crippen LogP) is 4.36. The molecule has 0 amide bonds. The van der Waals surface area contributed by atoms with E-state index in [1.165, 1.54) is 0 Å². The van der Waals surface area contributed by atoms with Gasteiger partial charge in [-0.3, -0.25) is 0 Å². The average Bonchev–Trinajstić information content (AvgIpc) is 2.19. The van der Waals surface area contributed by atoms with Crippen molar-refractivity contribution in [3.05, 3.63) is 5.38 Å². The Morgan fingerprint density at radius 3 is 1.00 bits per heavy atom. The van der Waals surface area contributed by atoms with E-state index in [0.717, 1.165) is 0 Å². The van der Waals surface area contributed by atoms with Gasteiger partial charge < -0.3 is 45.8 Å². The zero-order chi connectivity index (χ0) is 9.23. The van der Waals surface area contributed by atoms with E-state index in [4.69, 9.17) is 80.6 Å². The summed E-state index contributed by atoms with van der Waals surface area (Å²) in [5.74, 6) is 0. The van der Waals surface area contributed by atoms with E-state index >= 15 is 0 Å². The van der Waals surface area contributed by atoms with Crippen LogP contribution in [-0.2, 0) is 0 Å². The summed E-state index contributed by atoms with van der Waals surface area (Å²) in [6.07, 6.45) is 0. The Morgan fingerprint density at radius 2 is 1.00 bits per heavy atom. The molecule has 0 aromatic carbocycles. The van der Waals surface area contributed by atoms with Crippen LogP contribution in [0.25, 0.3) is 0 Å². The Balaban J connectivity index is 0.000000187. The van der Waals surface area contributed by atoms with Crippen molar-refractivity contribution < 1.29 is 0 Å². The molecule has 0 aromatic rings. The Morgan fingerprint density at radius 1 is 0.909 bits per heavy atom. The zero-order valence-electron chi connectivity index (χ0n) is 4.88. The summed E-state index contributed by atoms with van der Waals surface area (Å²) < 4.78 is -2.11. The smallest absolute Gasteiger partial charge is 0.328 e. The minimum Gasteiger partial charge on any atom is -0.332 e. The lowest BCUT2D eigenvalue weighted by Crippen LogP contribution is -1.91. The van der Waals surface area contributed by atoms with Crippen LogP contribution in [0.3, 0.4) is 0 Å². The third-order valence-corrected chi connectivity index (χ3v) is 2.47. The summed E-state index contributed by atoms with van der Waals surface area (Å²) in [5, 5.41) is 0.556. The van der Waals surface area contributed by atoms with E-state index in [1.807, 2.05) is 0 Å².